The van der Waals surface area contributed by atoms with Gasteiger partial charge in [-0.25, -0.2) is 5.43 Å². The van der Waals surface area contributed by atoms with E-state index in [0.717, 1.165) is 12.8 Å². The second kappa shape index (κ2) is 16.4. The quantitative estimate of drug-likeness (QED) is 0.0701. The first kappa shape index (κ1) is 31.7. The van der Waals surface area contributed by atoms with E-state index in [1.807, 2.05) is 6.92 Å². The molecule has 0 atom stereocenters. The van der Waals surface area contributed by atoms with Gasteiger partial charge in [0.15, 0.2) is 18.1 Å². The lowest BCUT2D eigenvalue weighted by molar-refractivity contribution is -0.136. The third-order valence-corrected chi connectivity index (χ3v) is 6.33. The zero-order chi connectivity index (χ0) is 29.6. The van der Waals surface area contributed by atoms with Crippen molar-refractivity contribution in [2.75, 3.05) is 30.5 Å². The van der Waals surface area contributed by atoms with Gasteiger partial charge in [0.2, 0.25) is 0 Å². The number of nitrogens with one attached hydrogen (secondary N) is 3. The summed E-state index contributed by atoms with van der Waals surface area (Å²) in [7, 11) is 0. The number of amides is 3. The van der Waals surface area contributed by atoms with Crippen molar-refractivity contribution in [3.8, 4) is 17.2 Å². The lowest BCUT2D eigenvalue weighted by Gasteiger charge is -2.14. The predicted octanol–water partition coefficient (Wildman–Crippen LogP) is 5.63. The van der Waals surface area contributed by atoms with E-state index >= 15 is 0 Å². The summed E-state index contributed by atoms with van der Waals surface area (Å²) >= 11 is 7.93. The summed E-state index contributed by atoms with van der Waals surface area (Å²) in [6, 6.07) is 16.8. The summed E-state index contributed by atoms with van der Waals surface area (Å²) in [6.07, 6.45) is 3.36. The number of hydrogen-bond donors (Lipinski definition) is 3. The standard InChI is InChI=1S/C29H30ClIN4O6/c1-3-5-14-40-23-12-10-22(11-13-23)34-28(37)29(38)35-32-17-19-15-24(31)27(25(16-19)39-4-2)41-18-26(36)33-21-8-6-20(30)7-9-21/h6-13,15-17H,3-5,14,18H2,1-2H3,(H,33,36)(H,34,37)(H,35,38)/b32-17-. The first-order valence-corrected chi connectivity index (χ1v) is 14.3. The zero-order valence-electron chi connectivity index (χ0n) is 22.5. The SMILES string of the molecule is CCCCOc1ccc(NC(=O)C(=O)N/N=C\c2cc(I)c(OCC(=O)Nc3ccc(Cl)cc3)c(OCC)c2)cc1. The van der Waals surface area contributed by atoms with Gasteiger partial charge in [-0.2, -0.15) is 5.10 Å². The Labute approximate surface area is 256 Å². The number of carbonyl (C=O) groups excluding carboxylic acids is 3. The highest BCUT2D eigenvalue weighted by molar-refractivity contribution is 14.1. The predicted molar refractivity (Wildman–Crippen MR) is 167 cm³/mol. The number of hydrazone groups is 1. The summed E-state index contributed by atoms with van der Waals surface area (Å²) in [5.74, 6) is -0.687. The van der Waals surface area contributed by atoms with E-state index in [9.17, 15) is 14.4 Å². The molecule has 0 fully saturated rings. The normalized spacial score (nSPS) is 10.6. The minimum atomic E-state index is -0.934. The van der Waals surface area contributed by atoms with Gasteiger partial charge in [0.25, 0.3) is 5.91 Å². The molecule has 12 heteroatoms. The molecule has 0 saturated heterocycles. The van der Waals surface area contributed by atoms with Crippen LogP contribution in [0.1, 0.15) is 32.3 Å². The molecule has 0 heterocycles. The molecule has 41 heavy (non-hydrogen) atoms. The maximum atomic E-state index is 12.3. The monoisotopic (exact) mass is 692 g/mol. The van der Waals surface area contributed by atoms with E-state index in [2.05, 4.69) is 50.7 Å². The Morgan fingerprint density at radius 1 is 0.902 bits per heavy atom. The van der Waals surface area contributed by atoms with Crippen molar-refractivity contribution < 1.29 is 28.6 Å². The van der Waals surface area contributed by atoms with Crippen LogP contribution in [0.4, 0.5) is 11.4 Å². The molecule has 3 N–H and O–H groups in total. The van der Waals surface area contributed by atoms with Crippen LogP contribution in [-0.2, 0) is 14.4 Å². The van der Waals surface area contributed by atoms with Crippen molar-refractivity contribution in [3.63, 3.8) is 0 Å². The lowest BCUT2D eigenvalue weighted by atomic mass is 10.2. The number of rotatable bonds is 13. The minimum absolute atomic E-state index is 0.244. The second-order valence-corrected chi connectivity index (χ2v) is 10.1. The van der Waals surface area contributed by atoms with Crippen LogP contribution in [0.2, 0.25) is 5.02 Å². The number of carbonyl (C=O) groups is 3. The molecule has 3 aromatic carbocycles. The molecule has 0 aliphatic rings. The number of ether oxygens (including phenoxy) is 3. The molecule has 0 saturated carbocycles. The van der Waals surface area contributed by atoms with Crippen LogP contribution < -0.4 is 30.3 Å². The van der Waals surface area contributed by atoms with Gasteiger partial charge < -0.3 is 24.8 Å². The highest BCUT2D eigenvalue weighted by Gasteiger charge is 2.15. The van der Waals surface area contributed by atoms with Crippen LogP contribution in [0, 0.1) is 3.57 Å². The van der Waals surface area contributed by atoms with Crippen molar-refractivity contribution in [2.24, 2.45) is 5.10 Å². The van der Waals surface area contributed by atoms with Crippen molar-refractivity contribution in [1.82, 2.24) is 5.43 Å². The summed E-state index contributed by atoms with van der Waals surface area (Å²) in [6.45, 7) is 4.62. The fourth-order valence-corrected chi connectivity index (χ4v) is 4.21. The van der Waals surface area contributed by atoms with E-state index in [1.165, 1.54) is 6.21 Å². The smallest absolute Gasteiger partial charge is 0.329 e. The molecule has 0 radical (unpaired) electrons. The summed E-state index contributed by atoms with van der Waals surface area (Å²) in [5.41, 5.74) is 3.83. The molecule has 0 aliphatic carbocycles. The second-order valence-electron chi connectivity index (χ2n) is 8.49. The molecule has 3 rings (SSSR count). The zero-order valence-corrected chi connectivity index (χ0v) is 25.5. The van der Waals surface area contributed by atoms with Gasteiger partial charge in [0, 0.05) is 16.4 Å². The maximum absolute atomic E-state index is 12.3. The van der Waals surface area contributed by atoms with Crippen molar-refractivity contribution in [3.05, 3.63) is 74.8 Å². The molecule has 0 bridgehead atoms. The highest BCUT2D eigenvalue weighted by Crippen LogP contribution is 2.34. The molecule has 3 aromatic rings. The van der Waals surface area contributed by atoms with Crippen LogP contribution >= 0.6 is 34.2 Å². The number of nitrogens with zero attached hydrogens (tertiary/aromatic N) is 1. The summed E-state index contributed by atoms with van der Waals surface area (Å²) in [4.78, 5) is 36.8. The van der Waals surface area contributed by atoms with Crippen LogP contribution in [-0.4, -0.2) is 43.8 Å². The first-order valence-electron chi connectivity index (χ1n) is 12.8. The van der Waals surface area contributed by atoms with Crippen LogP contribution in [0.3, 0.4) is 0 Å². The number of halogens is 2. The average molecular weight is 693 g/mol. The minimum Gasteiger partial charge on any atom is -0.494 e. The molecular weight excluding hydrogens is 663 g/mol. The van der Waals surface area contributed by atoms with Crippen LogP contribution in [0.15, 0.2) is 65.8 Å². The molecule has 216 valence electrons. The molecule has 3 amide bonds. The molecule has 0 aromatic heterocycles. The van der Waals surface area contributed by atoms with E-state index in [1.54, 1.807) is 60.7 Å². The van der Waals surface area contributed by atoms with Gasteiger partial charge in [-0.05, 0) is 102 Å². The lowest BCUT2D eigenvalue weighted by Crippen LogP contribution is -2.32. The van der Waals surface area contributed by atoms with Gasteiger partial charge in [0.05, 0.1) is 23.0 Å². The van der Waals surface area contributed by atoms with Gasteiger partial charge >= 0.3 is 11.8 Å². The Hall–Kier alpha value is -3.84. The third kappa shape index (κ3) is 10.6. The van der Waals surface area contributed by atoms with E-state index in [4.69, 9.17) is 25.8 Å². The number of benzene rings is 3. The fraction of sp³-hybridized carbons (Fsp3) is 0.241. The highest BCUT2D eigenvalue weighted by atomic mass is 127. The Bertz CT molecular complexity index is 1370. The number of hydrogen-bond acceptors (Lipinski definition) is 7. The Morgan fingerprint density at radius 3 is 2.27 bits per heavy atom. The summed E-state index contributed by atoms with van der Waals surface area (Å²) < 4.78 is 17.7. The first-order chi connectivity index (χ1) is 19.8. The average Bonchev–Trinajstić information content (AvgIpc) is 2.95. The van der Waals surface area contributed by atoms with Crippen molar-refractivity contribution in [1.29, 1.82) is 0 Å². The van der Waals surface area contributed by atoms with Gasteiger partial charge in [-0.1, -0.05) is 24.9 Å². The topological polar surface area (TPSA) is 127 Å². The molecular formula is C29H30ClIN4O6. The third-order valence-electron chi connectivity index (χ3n) is 5.27. The Kier molecular flexibility index (Phi) is 12.7. The van der Waals surface area contributed by atoms with E-state index < -0.39 is 11.8 Å². The van der Waals surface area contributed by atoms with Crippen LogP contribution in [0.25, 0.3) is 0 Å². The number of anilines is 2. The Balaban J connectivity index is 1.55. The molecule has 0 spiro atoms. The van der Waals surface area contributed by atoms with Crippen molar-refractivity contribution >= 4 is 69.5 Å². The largest absolute Gasteiger partial charge is 0.494 e. The summed E-state index contributed by atoms with van der Waals surface area (Å²) in [5, 5.41) is 9.69. The van der Waals surface area contributed by atoms with Gasteiger partial charge in [0.1, 0.15) is 5.75 Å². The van der Waals surface area contributed by atoms with Gasteiger partial charge in [-0.15, -0.1) is 0 Å². The van der Waals surface area contributed by atoms with Gasteiger partial charge in [-0.3, -0.25) is 14.4 Å². The fourth-order valence-electron chi connectivity index (χ4n) is 3.31. The molecule has 0 unspecified atom stereocenters. The molecule has 10 nitrogen and oxygen atoms in total. The van der Waals surface area contributed by atoms with Crippen LogP contribution in [0.5, 0.6) is 17.2 Å². The number of unbranched alkanes of at least 4 members (excludes halogenated alkanes) is 1. The van der Waals surface area contributed by atoms with Crippen molar-refractivity contribution in [2.45, 2.75) is 26.7 Å². The maximum Gasteiger partial charge on any atom is 0.329 e. The Morgan fingerprint density at radius 2 is 1.59 bits per heavy atom. The molecule has 0 aliphatic heterocycles. The van der Waals surface area contributed by atoms with E-state index in [-0.39, 0.29) is 12.5 Å². The van der Waals surface area contributed by atoms with E-state index in [0.29, 0.717) is 56.0 Å².